The zero-order valence-corrected chi connectivity index (χ0v) is 13.9. The highest BCUT2D eigenvalue weighted by Crippen LogP contribution is 2.33. The fourth-order valence-corrected chi connectivity index (χ4v) is 2.99. The van der Waals surface area contributed by atoms with Crippen LogP contribution in [-0.4, -0.2) is 20.7 Å². The van der Waals surface area contributed by atoms with E-state index in [0.717, 1.165) is 30.5 Å². The van der Waals surface area contributed by atoms with Crippen molar-refractivity contribution in [1.29, 1.82) is 0 Å². The SMILES string of the molecule is CC(F)n1ncc2c1-c1ccnc(c1)[C@@H](N)CCC[C@@H](C)C(=O)N2. The summed E-state index contributed by atoms with van der Waals surface area (Å²) in [6.45, 7) is 3.29. The number of anilines is 1. The molecule has 2 aromatic heterocycles. The normalized spacial score (nSPS) is 22.8. The van der Waals surface area contributed by atoms with Gasteiger partial charge in [0, 0.05) is 23.7 Å². The largest absolute Gasteiger partial charge is 0.323 e. The summed E-state index contributed by atoms with van der Waals surface area (Å²) in [6, 6.07) is 3.42. The van der Waals surface area contributed by atoms with E-state index in [-0.39, 0.29) is 17.9 Å². The van der Waals surface area contributed by atoms with Crippen LogP contribution in [0.5, 0.6) is 0 Å². The van der Waals surface area contributed by atoms with E-state index in [1.807, 2.05) is 13.0 Å². The Kier molecular flexibility index (Phi) is 4.62. The van der Waals surface area contributed by atoms with Crippen LogP contribution in [-0.2, 0) is 4.79 Å². The van der Waals surface area contributed by atoms with Crippen LogP contribution in [0.1, 0.15) is 51.1 Å². The molecule has 2 bridgehead atoms. The lowest BCUT2D eigenvalue weighted by atomic mass is 9.97. The maximum Gasteiger partial charge on any atom is 0.227 e. The maximum absolute atomic E-state index is 14.0. The van der Waals surface area contributed by atoms with E-state index in [9.17, 15) is 9.18 Å². The van der Waals surface area contributed by atoms with Crippen LogP contribution in [0.15, 0.2) is 24.5 Å². The van der Waals surface area contributed by atoms with Crippen LogP contribution < -0.4 is 11.1 Å². The second kappa shape index (κ2) is 6.68. The number of alkyl halides is 1. The third-order valence-corrected chi connectivity index (χ3v) is 4.42. The topological polar surface area (TPSA) is 85.8 Å². The number of fused-ring (bicyclic) bond motifs is 4. The molecule has 24 heavy (non-hydrogen) atoms. The first-order chi connectivity index (χ1) is 11.5. The van der Waals surface area contributed by atoms with Gasteiger partial charge < -0.3 is 11.1 Å². The fourth-order valence-electron chi connectivity index (χ4n) is 2.99. The molecule has 0 fully saturated rings. The number of nitrogens with one attached hydrogen (secondary N) is 1. The van der Waals surface area contributed by atoms with E-state index >= 15 is 0 Å². The third-order valence-electron chi connectivity index (χ3n) is 4.42. The minimum absolute atomic E-state index is 0.0919. The van der Waals surface area contributed by atoms with Crippen LogP contribution in [0.4, 0.5) is 10.1 Å². The van der Waals surface area contributed by atoms with Crippen LogP contribution >= 0.6 is 0 Å². The Morgan fingerprint density at radius 3 is 3.00 bits per heavy atom. The molecule has 0 aromatic carbocycles. The number of nitrogens with two attached hydrogens (primary N) is 1. The van der Waals surface area contributed by atoms with Gasteiger partial charge in [0.1, 0.15) is 0 Å². The van der Waals surface area contributed by atoms with E-state index in [1.54, 1.807) is 12.3 Å². The van der Waals surface area contributed by atoms with Gasteiger partial charge in [-0.15, -0.1) is 0 Å². The summed E-state index contributed by atoms with van der Waals surface area (Å²) in [6.07, 6.45) is 4.16. The van der Waals surface area contributed by atoms with Crippen LogP contribution in [0, 0.1) is 5.92 Å². The van der Waals surface area contributed by atoms with E-state index < -0.39 is 6.30 Å². The van der Waals surface area contributed by atoms with Crippen molar-refractivity contribution in [3.63, 3.8) is 0 Å². The second-order valence-electron chi connectivity index (χ2n) is 6.32. The number of hydrogen-bond donors (Lipinski definition) is 2. The Bertz CT molecular complexity index is 742. The lowest BCUT2D eigenvalue weighted by molar-refractivity contribution is -0.119. The zero-order valence-electron chi connectivity index (χ0n) is 13.9. The minimum atomic E-state index is -1.32. The van der Waals surface area contributed by atoms with Crippen LogP contribution in [0.2, 0.25) is 0 Å². The molecule has 3 heterocycles. The number of pyridine rings is 1. The first-order valence-electron chi connectivity index (χ1n) is 8.21. The highest BCUT2D eigenvalue weighted by Gasteiger charge is 2.22. The molecule has 1 aliphatic heterocycles. The van der Waals surface area contributed by atoms with Crippen molar-refractivity contribution in [3.05, 3.63) is 30.2 Å². The van der Waals surface area contributed by atoms with Crippen molar-refractivity contribution in [2.45, 2.75) is 45.4 Å². The Labute approximate surface area is 140 Å². The molecule has 0 aliphatic carbocycles. The van der Waals surface area contributed by atoms with E-state index in [4.69, 9.17) is 5.73 Å². The van der Waals surface area contributed by atoms with Crippen molar-refractivity contribution in [3.8, 4) is 11.3 Å². The number of carbonyl (C=O) groups excluding carboxylic acids is 1. The molecule has 3 N–H and O–H groups in total. The first-order valence-corrected chi connectivity index (χ1v) is 8.21. The molecule has 0 saturated heterocycles. The molecule has 0 saturated carbocycles. The predicted molar refractivity (Wildman–Crippen MR) is 89.9 cm³/mol. The molecule has 1 amide bonds. The van der Waals surface area contributed by atoms with E-state index in [1.165, 1.54) is 17.8 Å². The summed E-state index contributed by atoms with van der Waals surface area (Å²) >= 11 is 0. The van der Waals surface area contributed by atoms with Crippen molar-refractivity contribution in [2.24, 2.45) is 11.7 Å². The molecule has 6 nitrogen and oxygen atoms in total. The molecule has 1 aliphatic rings. The van der Waals surface area contributed by atoms with Gasteiger partial charge in [0.25, 0.3) is 0 Å². The van der Waals surface area contributed by atoms with Gasteiger partial charge in [0.15, 0.2) is 6.30 Å². The quantitative estimate of drug-likeness (QED) is 0.840. The smallest absolute Gasteiger partial charge is 0.227 e. The van der Waals surface area contributed by atoms with Gasteiger partial charge in [0.05, 0.1) is 23.3 Å². The number of hydrogen-bond acceptors (Lipinski definition) is 4. The van der Waals surface area contributed by atoms with Crippen molar-refractivity contribution >= 4 is 11.6 Å². The lowest BCUT2D eigenvalue weighted by Gasteiger charge is -2.18. The molecule has 3 rings (SSSR count). The fraction of sp³-hybridized carbons (Fsp3) is 0.471. The highest BCUT2D eigenvalue weighted by atomic mass is 19.1. The van der Waals surface area contributed by atoms with Crippen molar-refractivity contribution < 1.29 is 9.18 Å². The van der Waals surface area contributed by atoms with E-state index in [0.29, 0.717) is 11.4 Å². The van der Waals surface area contributed by atoms with Crippen LogP contribution in [0.3, 0.4) is 0 Å². The molecule has 0 spiro atoms. The average molecular weight is 331 g/mol. The molecule has 128 valence electrons. The molecule has 1 unspecified atom stereocenters. The standard InChI is InChI=1S/C17H22FN5O/c1-10-4-3-5-13(19)14-8-12(6-7-20-14)16-15(22-17(10)24)9-21-23(16)11(2)18/h6-11,13H,3-5,19H2,1-2H3,(H,22,24)/t10-,11?,13+/m1/s1. The maximum atomic E-state index is 14.0. The molecule has 0 radical (unpaired) electrons. The van der Waals surface area contributed by atoms with Gasteiger partial charge in [-0.3, -0.25) is 9.78 Å². The van der Waals surface area contributed by atoms with Gasteiger partial charge in [-0.2, -0.15) is 5.10 Å². The third kappa shape index (κ3) is 3.17. The number of nitrogens with zero attached hydrogens (tertiary/aromatic N) is 3. The van der Waals surface area contributed by atoms with Crippen LogP contribution in [0.25, 0.3) is 11.3 Å². The van der Waals surface area contributed by atoms with E-state index in [2.05, 4.69) is 15.4 Å². The number of amides is 1. The van der Waals surface area contributed by atoms with Crippen molar-refractivity contribution in [1.82, 2.24) is 14.8 Å². The Hall–Kier alpha value is -2.28. The summed E-state index contributed by atoms with van der Waals surface area (Å²) in [7, 11) is 0. The van der Waals surface area contributed by atoms with Gasteiger partial charge in [-0.25, -0.2) is 9.07 Å². The zero-order chi connectivity index (χ0) is 17.3. The number of aromatic nitrogens is 3. The average Bonchev–Trinajstić information content (AvgIpc) is 2.97. The summed E-state index contributed by atoms with van der Waals surface area (Å²) in [5, 5.41) is 6.98. The second-order valence-corrected chi connectivity index (χ2v) is 6.32. The molecule has 7 heteroatoms. The number of carbonyl (C=O) groups is 1. The Morgan fingerprint density at radius 1 is 1.46 bits per heavy atom. The summed E-state index contributed by atoms with van der Waals surface area (Å²) in [5.74, 6) is -0.243. The number of halogens is 1. The lowest BCUT2D eigenvalue weighted by Crippen LogP contribution is -2.22. The highest BCUT2D eigenvalue weighted by molar-refractivity contribution is 5.95. The Balaban J connectivity index is 2.15. The van der Waals surface area contributed by atoms with Gasteiger partial charge in [-0.05, 0) is 31.9 Å². The first kappa shape index (κ1) is 16.6. The summed E-state index contributed by atoms with van der Waals surface area (Å²) in [5.41, 5.74) is 8.76. The molecular weight excluding hydrogens is 309 g/mol. The molecule has 3 atom stereocenters. The Morgan fingerprint density at radius 2 is 2.25 bits per heavy atom. The summed E-state index contributed by atoms with van der Waals surface area (Å²) < 4.78 is 15.2. The van der Waals surface area contributed by atoms with Crippen molar-refractivity contribution in [2.75, 3.05) is 5.32 Å². The van der Waals surface area contributed by atoms with Gasteiger partial charge in [0.2, 0.25) is 5.91 Å². The minimum Gasteiger partial charge on any atom is -0.323 e. The summed E-state index contributed by atoms with van der Waals surface area (Å²) in [4.78, 5) is 16.7. The molecular formula is C17H22FN5O. The van der Waals surface area contributed by atoms with Gasteiger partial charge >= 0.3 is 0 Å². The molecule has 2 aromatic rings. The monoisotopic (exact) mass is 331 g/mol. The number of rotatable bonds is 1. The predicted octanol–water partition coefficient (Wildman–Crippen LogP) is 3.19. The van der Waals surface area contributed by atoms with Gasteiger partial charge in [-0.1, -0.05) is 13.3 Å².